The summed E-state index contributed by atoms with van der Waals surface area (Å²) in [5, 5.41) is 12.2. The number of hydrogen-bond acceptors (Lipinski definition) is 8. The molecule has 11 heteroatoms. The molecule has 0 radical (unpaired) electrons. The Morgan fingerprint density at radius 3 is 2.42 bits per heavy atom. The van der Waals surface area contributed by atoms with Crippen LogP contribution in [0.5, 0.6) is 11.5 Å². The molecule has 4 aromatic rings. The molecule has 0 aliphatic carbocycles. The van der Waals surface area contributed by atoms with Crippen LogP contribution in [0.1, 0.15) is 29.2 Å². The number of nitrogens with zero attached hydrogens (tertiary/aromatic N) is 3. The van der Waals surface area contributed by atoms with Crippen LogP contribution in [0.2, 0.25) is 5.02 Å². The number of halogens is 1. The molecule has 0 aliphatic heterocycles. The van der Waals surface area contributed by atoms with Crippen LogP contribution in [0.15, 0.2) is 78.0 Å². The van der Waals surface area contributed by atoms with Gasteiger partial charge in [-0.1, -0.05) is 53.7 Å². The summed E-state index contributed by atoms with van der Waals surface area (Å²) < 4.78 is 18.2. The molecule has 0 aliphatic rings. The van der Waals surface area contributed by atoms with Crippen molar-refractivity contribution in [2.45, 2.75) is 18.2 Å². The van der Waals surface area contributed by atoms with Gasteiger partial charge in [0.05, 0.1) is 30.6 Å². The molecule has 1 N–H and O–H groups in total. The third-order valence-corrected chi connectivity index (χ3v) is 6.66. The molecule has 1 aromatic heterocycles. The lowest BCUT2D eigenvalue weighted by Crippen LogP contribution is -2.16. The van der Waals surface area contributed by atoms with Gasteiger partial charge in [0.1, 0.15) is 0 Å². The first kappa shape index (κ1) is 27.0. The van der Waals surface area contributed by atoms with Gasteiger partial charge in [-0.3, -0.25) is 9.36 Å². The predicted molar refractivity (Wildman–Crippen MR) is 146 cm³/mol. The van der Waals surface area contributed by atoms with Crippen LogP contribution in [-0.2, 0) is 9.53 Å². The summed E-state index contributed by atoms with van der Waals surface area (Å²) in [4.78, 5) is 24.6. The summed E-state index contributed by atoms with van der Waals surface area (Å²) in [5.41, 5.74) is 1.41. The average molecular weight is 553 g/mol. The third kappa shape index (κ3) is 6.27. The second-order valence-corrected chi connectivity index (χ2v) is 9.30. The summed E-state index contributed by atoms with van der Waals surface area (Å²) in [6.45, 7) is 1.87. The van der Waals surface area contributed by atoms with Crippen LogP contribution in [0.25, 0.3) is 5.69 Å². The van der Waals surface area contributed by atoms with E-state index in [2.05, 4.69) is 15.5 Å². The van der Waals surface area contributed by atoms with Gasteiger partial charge >= 0.3 is 5.97 Å². The zero-order valence-corrected chi connectivity index (χ0v) is 22.5. The lowest BCUT2D eigenvalue weighted by atomic mass is 10.2. The van der Waals surface area contributed by atoms with Crippen molar-refractivity contribution in [3.05, 3.63) is 89.2 Å². The molecule has 1 atom stereocenters. The zero-order chi connectivity index (χ0) is 27.1. The van der Waals surface area contributed by atoms with Gasteiger partial charge in [0.2, 0.25) is 5.91 Å². The quantitative estimate of drug-likeness (QED) is 0.201. The fraction of sp³-hybridized carbons (Fsp3) is 0.185. The largest absolute Gasteiger partial charge is 0.493 e. The topological polar surface area (TPSA) is 105 Å². The van der Waals surface area contributed by atoms with Crippen molar-refractivity contribution in [3.8, 4) is 17.2 Å². The van der Waals surface area contributed by atoms with Crippen LogP contribution >= 0.6 is 23.4 Å². The molecule has 4 rings (SSSR count). The minimum atomic E-state index is -0.589. The maximum Gasteiger partial charge on any atom is 0.339 e. The Labute approximate surface area is 229 Å². The van der Waals surface area contributed by atoms with E-state index < -0.39 is 12.1 Å². The Hall–Kier alpha value is -4.02. The van der Waals surface area contributed by atoms with E-state index in [0.717, 1.165) is 5.69 Å². The molecule has 1 amide bonds. The normalized spacial score (nSPS) is 11.5. The first-order chi connectivity index (χ1) is 18.4. The van der Waals surface area contributed by atoms with Gasteiger partial charge in [-0.05, 0) is 49.4 Å². The average Bonchev–Trinajstić information content (AvgIpc) is 3.37. The van der Waals surface area contributed by atoms with Gasteiger partial charge in [-0.15, -0.1) is 10.2 Å². The standard InChI is InChI=1S/C27H25ClN4O5S/c1-17(37-23-12-8-7-11-22(23)35-2)25-30-31-27(32(25)19-9-5-4-6-10-19)38-16-24(33)29-18-13-14-21(28)20(15-18)26(34)36-3/h4-15,17H,16H2,1-3H3,(H,29,33). The van der Waals surface area contributed by atoms with E-state index in [1.807, 2.05) is 66.1 Å². The predicted octanol–water partition coefficient (Wildman–Crippen LogP) is 5.59. The van der Waals surface area contributed by atoms with Crippen LogP contribution in [0.4, 0.5) is 5.69 Å². The number of benzene rings is 3. The van der Waals surface area contributed by atoms with Crippen molar-refractivity contribution in [1.29, 1.82) is 0 Å². The molecule has 9 nitrogen and oxygen atoms in total. The number of methoxy groups -OCH3 is 2. The molecule has 0 bridgehead atoms. The van der Waals surface area contributed by atoms with Crippen LogP contribution < -0.4 is 14.8 Å². The molecule has 3 aromatic carbocycles. The SMILES string of the molecule is COC(=O)c1cc(NC(=O)CSc2nnc(C(C)Oc3ccccc3OC)n2-c2ccccc2)ccc1Cl. The monoisotopic (exact) mass is 552 g/mol. The molecule has 0 saturated heterocycles. The highest BCUT2D eigenvalue weighted by molar-refractivity contribution is 7.99. The summed E-state index contributed by atoms with van der Waals surface area (Å²) in [6, 6.07) is 21.6. The molecule has 38 heavy (non-hydrogen) atoms. The van der Waals surface area contributed by atoms with E-state index in [0.29, 0.717) is 28.2 Å². The van der Waals surface area contributed by atoms with Gasteiger partial charge in [-0.2, -0.15) is 0 Å². The molecule has 0 spiro atoms. The van der Waals surface area contributed by atoms with Crippen LogP contribution in [0, 0.1) is 0 Å². The van der Waals surface area contributed by atoms with Crippen molar-refractivity contribution in [2.75, 3.05) is 25.3 Å². The third-order valence-electron chi connectivity index (χ3n) is 5.40. The number of para-hydroxylation sites is 3. The first-order valence-electron chi connectivity index (χ1n) is 11.5. The van der Waals surface area contributed by atoms with E-state index in [9.17, 15) is 9.59 Å². The van der Waals surface area contributed by atoms with E-state index in [1.165, 1.54) is 31.0 Å². The molecule has 196 valence electrons. The van der Waals surface area contributed by atoms with Gasteiger partial charge in [0.15, 0.2) is 28.6 Å². The highest BCUT2D eigenvalue weighted by Gasteiger charge is 2.22. The number of rotatable bonds is 10. The number of hydrogen-bond donors (Lipinski definition) is 1. The molecular formula is C27H25ClN4O5S. The highest BCUT2D eigenvalue weighted by atomic mass is 35.5. The Balaban J connectivity index is 1.53. The number of nitrogens with one attached hydrogen (secondary N) is 1. The van der Waals surface area contributed by atoms with E-state index in [4.69, 9.17) is 25.8 Å². The Bertz CT molecular complexity index is 1430. The van der Waals surface area contributed by atoms with E-state index in [-0.39, 0.29) is 22.2 Å². The Morgan fingerprint density at radius 2 is 1.71 bits per heavy atom. The highest BCUT2D eigenvalue weighted by Crippen LogP contribution is 2.32. The van der Waals surface area contributed by atoms with Crippen molar-refractivity contribution >= 4 is 40.9 Å². The fourth-order valence-electron chi connectivity index (χ4n) is 3.61. The van der Waals surface area contributed by atoms with E-state index in [1.54, 1.807) is 13.2 Å². The van der Waals surface area contributed by atoms with Crippen molar-refractivity contribution < 1.29 is 23.8 Å². The van der Waals surface area contributed by atoms with Gasteiger partial charge < -0.3 is 19.5 Å². The van der Waals surface area contributed by atoms with Crippen molar-refractivity contribution in [2.24, 2.45) is 0 Å². The van der Waals surface area contributed by atoms with Crippen LogP contribution in [-0.4, -0.2) is 46.6 Å². The van der Waals surface area contributed by atoms with Gasteiger partial charge in [0.25, 0.3) is 0 Å². The number of aromatic nitrogens is 3. The summed E-state index contributed by atoms with van der Waals surface area (Å²) >= 11 is 7.29. The molecule has 0 fully saturated rings. The maximum absolute atomic E-state index is 12.7. The second kappa shape index (κ2) is 12.5. The minimum Gasteiger partial charge on any atom is -0.493 e. The number of amides is 1. The lowest BCUT2D eigenvalue weighted by molar-refractivity contribution is -0.113. The van der Waals surface area contributed by atoms with Crippen molar-refractivity contribution in [1.82, 2.24) is 14.8 Å². The lowest BCUT2D eigenvalue weighted by Gasteiger charge is -2.18. The summed E-state index contributed by atoms with van der Waals surface area (Å²) in [5.74, 6) is 0.902. The number of thioether (sulfide) groups is 1. The Kier molecular flexibility index (Phi) is 8.88. The number of anilines is 1. The van der Waals surface area contributed by atoms with Gasteiger partial charge in [-0.25, -0.2) is 4.79 Å². The smallest absolute Gasteiger partial charge is 0.339 e. The Morgan fingerprint density at radius 1 is 1.00 bits per heavy atom. The zero-order valence-electron chi connectivity index (χ0n) is 20.9. The summed E-state index contributed by atoms with van der Waals surface area (Å²) in [6.07, 6.45) is -0.479. The second-order valence-electron chi connectivity index (χ2n) is 7.95. The minimum absolute atomic E-state index is 0.0445. The number of carbonyl (C=O) groups is 2. The molecule has 0 saturated carbocycles. The summed E-state index contributed by atoms with van der Waals surface area (Å²) in [7, 11) is 2.85. The van der Waals surface area contributed by atoms with Crippen LogP contribution in [0.3, 0.4) is 0 Å². The van der Waals surface area contributed by atoms with E-state index >= 15 is 0 Å². The number of ether oxygens (including phenoxy) is 3. The number of esters is 1. The van der Waals surface area contributed by atoms with Crippen molar-refractivity contribution in [3.63, 3.8) is 0 Å². The molecular weight excluding hydrogens is 528 g/mol. The molecule has 1 heterocycles. The fourth-order valence-corrected chi connectivity index (χ4v) is 4.57. The maximum atomic E-state index is 12.7. The van der Waals surface area contributed by atoms with Gasteiger partial charge in [0, 0.05) is 11.4 Å². The number of carbonyl (C=O) groups excluding carboxylic acids is 2. The molecule has 1 unspecified atom stereocenters. The first-order valence-corrected chi connectivity index (χ1v) is 12.9.